The second-order valence-electron chi connectivity index (χ2n) is 5.08. The summed E-state index contributed by atoms with van der Waals surface area (Å²) in [5.41, 5.74) is 0. The van der Waals surface area contributed by atoms with Crippen molar-refractivity contribution in [3.63, 3.8) is 0 Å². The van der Waals surface area contributed by atoms with Crippen LogP contribution in [0.15, 0.2) is 30.5 Å². The summed E-state index contributed by atoms with van der Waals surface area (Å²) in [7, 11) is 1.64. The zero-order valence-corrected chi connectivity index (χ0v) is 12.3. The Bertz CT molecular complexity index is 628. The quantitative estimate of drug-likeness (QED) is 0.818. The molecule has 1 unspecified atom stereocenters. The normalized spacial score (nSPS) is 12.1. The van der Waals surface area contributed by atoms with Crippen LogP contribution in [0.3, 0.4) is 0 Å². The molecule has 0 aliphatic rings. The Morgan fingerprint density at radius 2 is 2.24 bits per heavy atom. The first-order valence-corrected chi connectivity index (χ1v) is 7.01. The third-order valence-corrected chi connectivity index (χ3v) is 3.38. The third kappa shape index (κ3) is 4.08. The molecule has 0 aliphatic carbocycles. The highest BCUT2D eigenvalue weighted by atomic mass is 16.5. The molecule has 2 rings (SSSR count). The van der Waals surface area contributed by atoms with E-state index in [0.717, 1.165) is 28.8 Å². The van der Waals surface area contributed by atoms with E-state index >= 15 is 0 Å². The molecule has 21 heavy (non-hydrogen) atoms. The van der Waals surface area contributed by atoms with Crippen molar-refractivity contribution in [2.45, 2.75) is 32.2 Å². The van der Waals surface area contributed by atoms with Gasteiger partial charge in [-0.25, -0.2) is 4.98 Å². The monoisotopic (exact) mass is 288 g/mol. The summed E-state index contributed by atoms with van der Waals surface area (Å²) in [6, 6.07) is 7.98. The number of aromatic nitrogens is 1. The molecule has 0 saturated heterocycles. The van der Waals surface area contributed by atoms with Crippen molar-refractivity contribution >= 4 is 22.6 Å². The van der Waals surface area contributed by atoms with Crippen LogP contribution in [0.1, 0.15) is 26.2 Å². The first-order chi connectivity index (χ1) is 10.1. The van der Waals surface area contributed by atoms with Gasteiger partial charge in [-0.2, -0.15) is 0 Å². The maximum atomic E-state index is 10.5. The Balaban J connectivity index is 2.12. The molecule has 2 aromatic rings. The molecule has 2 N–H and O–H groups in total. The van der Waals surface area contributed by atoms with Crippen molar-refractivity contribution in [1.29, 1.82) is 0 Å². The average molecular weight is 288 g/mol. The SMILES string of the molecule is COc1ccc2ccnc(NC(C)CCCC(=O)O)c2c1. The van der Waals surface area contributed by atoms with Crippen LogP contribution in [0, 0.1) is 0 Å². The Kier molecular flexibility index (Phi) is 4.98. The fourth-order valence-electron chi connectivity index (χ4n) is 2.25. The number of benzene rings is 1. The third-order valence-electron chi connectivity index (χ3n) is 3.38. The molecule has 0 bridgehead atoms. The van der Waals surface area contributed by atoms with E-state index in [1.165, 1.54) is 0 Å². The number of carbonyl (C=O) groups is 1. The molecular formula is C16H20N2O3. The number of hydrogen-bond donors (Lipinski definition) is 2. The molecule has 0 spiro atoms. The molecule has 0 fully saturated rings. The van der Waals surface area contributed by atoms with E-state index in [4.69, 9.17) is 9.84 Å². The first kappa shape index (κ1) is 15.1. The highest BCUT2D eigenvalue weighted by molar-refractivity contribution is 5.92. The van der Waals surface area contributed by atoms with Gasteiger partial charge in [0.1, 0.15) is 11.6 Å². The van der Waals surface area contributed by atoms with Gasteiger partial charge >= 0.3 is 5.97 Å². The van der Waals surface area contributed by atoms with Crippen molar-refractivity contribution in [1.82, 2.24) is 4.98 Å². The Morgan fingerprint density at radius 3 is 2.95 bits per heavy atom. The van der Waals surface area contributed by atoms with Crippen LogP contribution in [0.2, 0.25) is 0 Å². The summed E-state index contributed by atoms with van der Waals surface area (Å²) in [4.78, 5) is 14.9. The number of nitrogens with one attached hydrogen (secondary N) is 1. The average Bonchev–Trinajstić information content (AvgIpc) is 2.46. The number of fused-ring (bicyclic) bond motifs is 1. The molecule has 0 radical (unpaired) electrons. The van der Waals surface area contributed by atoms with E-state index in [1.807, 2.05) is 31.2 Å². The summed E-state index contributed by atoms with van der Waals surface area (Å²) in [5.74, 6) is 0.835. The summed E-state index contributed by atoms with van der Waals surface area (Å²) in [6.07, 6.45) is 3.40. The van der Waals surface area contributed by atoms with Gasteiger partial charge < -0.3 is 15.2 Å². The van der Waals surface area contributed by atoms with E-state index < -0.39 is 5.97 Å². The van der Waals surface area contributed by atoms with E-state index in [1.54, 1.807) is 13.3 Å². The number of carboxylic acids is 1. The minimum atomic E-state index is -0.754. The van der Waals surface area contributed by atoms with Crippen molar-refractivity contribution in [3.8, 4) is 5.75 Å². The maximum Gasteiger partial charge on any atom is 0.303 e. The number of hydrogen-bond acceptors (Lipinski definition) is 4. The number of nitrogens with zero attached hydrogens (tertiary/aromatic N) is 1. The van der Waals surface area contributed by atoms with Crippen LogP contribution in [0.25, 0.3) is 10.8 Å². The van der Waals surface area contributed by atoms with Gasteiger partial charge in [0.15, 0.2) is 0 Å². The summed E-state index contributed by atoms with van der Waals surface area (Å²) < 4.78 is 5.25. The first-order valence-electron chi connectivity index (χ1n) is 7.01. The van der Waals surface area contributed by atoms with Gasteiger partial charge in [0, 0.05) is 24.0 Å². The minimum absolute atomic E-state index is 0.161. The highest BCUT2D eigenvalue weighted by Gasteiger charge is 2.08. The Morgan fingerprint density at radius 1 is 1.43 bits per heavy atom. The lowest BCUT2D eigenvalue weighted by atomic mass is 10.1. The standard InChI is InChI=1S/C16H20N2O3/c1-11(4-3-5-15(19)20)18-16-14-10-13(21-2)7-6-12(14)8-9-17-16/h6-11H,3-5H2,1-2H3,(H,17,18)(H,19,20). The molecule has 1 aromatic carbocycles. The van der Waals surface area contributed by atoms with Gasteiger partial charge in [-0.15, -0.1) is 0 Å². The molecule has 1 heterocycles. The number of ether oxygens (including phenoxy) is 1. The van der Waals surface area contributed by atoms with Crippen molar-refractivity contribution in [2.75, 3.05) is 12.4 Å². The van der Waals surface area contributed by atoms with Crippen LogP contribution >= 0.6 is 0 Å². The lowest BCUT2D eigenvalue weighted by Gasteiger charge is -2.16. The Labute approximate surface area is 124 Å². The number of aliphatic carboxylic acids is 1. The topological polar surface area (TPSA) is 71.5 Å². The van der Waals surface area contributed by atoms with Crippen LogP contribution in [-0.2, 0) is 4.79 Å². The van der Waals surface area contributed by atoms with Crippen molar-refractivity contribution < 1.29 is 14.6 Å². The predicted molar refractivity (Wildman–Crippen MR) is 82.9 cm³/mol. The van der Waals surface area contributed by atoms with E-state index in [0.29, 0.717) is 6.42 Å². The molecule has 5 heteroatoms. The van der Waals surface area contributed by atoms with E-state index in [9.17, 15) is 4.79 Å². The fourth-order valence-corrected chi connectivity index (χ4v) is 2.25. The second-order valence-corrected chi connectivity index (χ2v) is 5.08. The van der Waals surface area contributed by atoms with Crippen LogP contribution in [0.5, 0.6) is 5.75 Å². The van der Waals surface area contributed by atoms with E-state index in [-0.39, 0.29) is 12.5 Å². The largest absolute Gasteiger partial charge is 0.497 e. The van der Waals surface area contributed by atoms with Gasteiger partial charge in [0.05, 0.1) is 7.11 Å². The molecule has 112 valence electrons. The molecule has 5 nitrogen and oxygen atoms in total. The maximum absolute atomic E-state index is 10.5. The summed E-state index contributed by atoms with van der Waals surface area (Å²) in [6.45, 7) is 2.03. The highest BCUT2D eigenvalue weighted by Crippen LogP contribution is 2.26. The molecular weight excluding hydrogens is 268 g/mol. The number of carboxylic acid groups (broad SMARTS) is 1. The smallest absolute Gasteiger partial charge is 0.303 e. The van der Waals surface area contributed by atoms with Crippen molar-refractivity contribution in [3.05, 3.63) is 30.5 Å². The van der Waals surface area contributed by atoms with E-state index in [2.05, 4.69) is 10.3 Å². The molecule has 1 atom stereocenters. The number of methoxy groups -OCH3 is 1. The summed E-state index contributed by atoms with van der Waals surface area (Å²) >= 11 is 0. The van der Waals surface area contributed by atoms with Gasteiger partial charge in [-0.05, 0) is 43.4 Å². The lowest BCUT2D eigenvalue weighted by molar-refractivity contribution is -0.137. The zero-order chi connectivity index (χ0) is 15.2. The number of anilines is 1. The predicted octanol–water partition coefficient (Wildman–Crippen LogP) is 3.30. The summed E-state index contributed by atoms with van der Waals surface area (Å²) in [5, 5.41) is 14.1. The van der Waals surface area contributed by atoms with Gasteiger partial charge in [-0.1, -0.05) is 6.07 Å². The van der Waals surface area contributed by atoms with Crippen LogP contribution < -0.4 is 10.1 Å². The number of rotatable bonds is 7. The van der Waals surface area contributed by atoms with Gasteiger partial charge in [0.2, 0.25) is 0 Å². The minimum Gasteiger partial charge on any atom is -0.497 e. The van der Waals surface area contributed by atoms with Crippen molar-refractivity contribution in [2.24, 2.45) is 0 Å². The molecule has 0 amide bonds. The Hall–Kier alpha value is -2.30. The second kappa shape index (κ2) is 6.92. The van der Waals surface area contributed by atoms with Gasteiger partial charge in [0.25, 0.3) is 0 Å². The molecule has 0 saturated carbocycles. The molecule has 1 aromatic heterocycles. The molecule has 0 aliphatic heterocycles. The number of pyridine rings is 1. The van der Waals surface area contributed by atoms with Gasteiger partial charge in [-0.3, -0.25) is 4.79 Å². The van der Waals surface area contributed by atoms with Crippen LogP contribution in [-0.4, -0.2) is 29.2 Å². The zero-order valence-electron chi connectivity index (χ0n) is 12.3. The fraction of sp³-hybridized carbons (Fsp3) is 0.375. The lowest BCUT2D eigenvalue weighted by Crippen LogP contribution is -2.16. The van der Waals surface area contributed by atoms with Crippen LogP contribution in [0.4, 0.5) is 5.82 Å².